The maximum atomic E-state index is 12.6. The zero-order valence-corrected chi connectivity index (χ0v) is 9.92. The van der Waals surface area contributed by atoms with Crippen LogP contribution in [0.15, 0.2) is 6.20 Å². The van der Waals surface area contributed by atoms with Crippen molar-refractivity contribution in [3.8, 4) is 5.75 Å². The Labute approximate surface area is 105 Å². The van der Waals surface area contributed by atoms with Crippen molar-refractivity contribution < 1.29 is 31.5 Å². The van der Waals surface area contributed by atoms with E-state index in [2.05, 4.69) is 9.72 Å². The highest BCUT2D eigenvalue weighted by molar-refractivity contribution is 14.1. The topological polar surface area (TPSA) is 39.2 Å². The molecular weight excluding hydrogens is 364 g/mol. The van der Waals surface area contributed by atoms with E-state index in [9.17, 15) is 26.7 Å². The Hall–Kier alpha value is -1.00. The Bertz CT molecular complexity index is 435. The summed E-state index contributed by atoms with van der Waals surface area (Å²) >= 11 is 1.31. The molecule has 0 aliphatic carbocycles. The summed E-state index contributed by atoms with van der Waals surface area (Å²) in [4.78, 5) is 13.8. The normalized spacial score (nSPS) is 11.7. The van der Waals surface area contributed by atoms with Gasteiger partial charge in [0.15, 0.2) is 12.0 Å². The van der Waals surface area contributed by atoms with E-state index in [1.807, 2.05) is 0 Å². The first-order valence-electron chi connectivity index (χ1n) is 3.93. The molecule has 0 spiro atoms. The molecule has 1 rings (SSSR count). The Morgan fingerprint density at radius 3 is 2.41 bits per heavy atom. The number of ether oxygens (including phenoxy) is 1. The number of pyridine rings is 1. The van der Waals surface area contributed by atoms with Crippen molar-refractivity contribution in [2.24, 2.45) is 0 Å². The predicted octanol–water partition coefficient (Wildman–Crippen LogP) is 3.33. The van der Waals surface area contributed by atoms with Crippen molar-refractivity contribution in [2.75, 3.05) is 0 Å². The molecule has 0 fully saturated rings. The maximum Gasteiger partial charge on any atom is 0.573 e. The lowest BCUT2D eigenvalue weighted by Crippen LogP contribution is -2.20. The Morgan fingerprint density at radius 2 is 2.00 bits per heavy atom. The molecule has 0 saturated carbocycles. The van der Waals surface area contributed by atoms with Crippen molar-refractivity contribution >= 4 is 28.9 Å². The number of hydrogen-bond donors (Lipinski definition) is 0. The average molecular weight is 367 g/mol. The van der Waals surface area contributed by atoms with Crippen molar-refractivity contribution in [1.82, 2.24) is 4.98 Å². The third kappa shape index (κ3) is 3.48. The number of nitrogens with zero attached hydrogens (tertiary/aromatic N) is 1. The number of halogens is 6. The highest BCUT2D eigenvalue weighted by atomic mass is 127. The molecule has 17 heavy (non-hydrogen) atoms. The van der Waals surface area contributed by atoms with Crippen molar-refractivity contribution in [3.05, 3.63) is 21.0 Å². The molecule has 0 saturated heterocycles. The number of carbonyl (C=O) groups is 1. The molecule has 94 valence electrons. The van der Waals surface area contributed by atoms with Crippen LogP contribution in [-0.4, -0.2) is 17.6 Å². The Kier molecular flexibility index (Phi) is 4.22. The van der Waals surface area contributed by atoms with E-state index >= 15 is 0 Å². The molecule has 0 atom stereocenters. The van der Waals surface area contributed by atoms with Crippen LogP contribution in [0.4, 0.5) is 22.0 Å². The summed E-state index contributed by atoms with van der Waals surface area (Å²) in [6.07, 6.45) is -7.65. The summed E-state index contributed by atoms with van der Waals surface area (Å²) in [6.45, 7) is 0. The second-order valence-corrected chi connectivity index (χ2v) is 3.74. The van der Waals surface area contributed by atoms with E-state index in [1.54, 1.807) is 0 Å². The lowest BCUT2D eigenvalue weighted by Gasteiger charge is -2.15. The molecule has 0 bridgehead atoms. The fourth-order valence-electron chi connectivity index (χ4n) is 1.03. The minimum absolute atomic E-state index is 0.00614. The van der Waals surface area contributed by atoms with Crippen LogP contribution in [0.2, 0.25) is 0 Å². The van der Waals surface area contributed by atoms with Gasteiger partial charge in [0.05, 0.1) is 5.56 Å². The van der Waals surface area contributed by atoms with E-state index in [0.29, 0.717) is 0 Å². The van der Waals surface area contributed by atoms with Crippen LogP contribution in [0.1, 0.15) is 22.3 Å². The number of aromatic nitrogens is 1. The van der Waals surface area contributed by atoms with E-state index in [4.69, 9.17) is 0 Å². The zero-order valence-electron chi connectivity index (χ0n) is 7.76. The fraction of sp³-hybridized carbons (Fsp3) is 0.250. The number of alkyl halides is 5. The van der Waals surface area contributed by atoms with Crippen LogP contribution in [-0.2, 0) is 0 Å². The van der Waals surface area contributed by atoms with Crippen LogP contribution in [0.25, 0.3) is 0 Å². The SMILES string of the molecule is O=Cc1cnc(I)c(OC(F)(F)F)c1C(F)F. The van der Waals surface area contributed by atoms with Gasteiger partial charge >= 0.3 is 6.36 Å². The number of hydrogen-bond acceptors (Lipinski definition) is 3. The number of carbonyl (C=O) groups excluding carboxylic acids is 1. The fourth-order valence-corrected chi connectivity index (χ4v) is 1.57. The molecule has 1 aromatic rings. The van der Waals surface area contributed by atoms with Gasteiger partial charge in [-0.15, -0.1) is 13.2 Å². The van der Waals surface area contributed by atoms with Crippen molar-refractivity contribution in [3.63, 3.8) is 0 Å². The first kappa shape index (κ1) is 14.1. The van der Waals surface area contributed by atoms with Crippen LogP contribution in [0, 0.1) is 3.70 Å². The molecule has 3 nitrogen and oxygen atoms in total. The van der Waals surface area contributed by atoms with E-state index in [-0.39, 0.29) is 6.29 Å². The summed E-state index contributed by atoms with van der Waals surface area (Å²) in [5, 5.41) is 0. The lowest BCUT2D eigenvalue weighted by atomic mass is 10.1. The van der Waals surface area contributed by atoms with Gasteiger partial charge < -0.3 is 4.74 Å². The second kappa shape index (κ2) is 5.10. The number of aldehydes is 1. The van der Waals surface area contributed by atoms with E-state index < -0.39 is 33.4 Å². The van der Waals surface area contributed by atoms with Gasteiger partial charge in [-0.2, -0.15) is 0 Å². The molecule has 9 heteroatoms. The second-order valence-electron chi connectivity index (χ2n) is 2.71. The first-order chi connectivity index (χ1) is 7.76. The van der Waals surface area contributed by atoms with E-state index in [0.717, 1.165) is 6.20 Å². The van der Waals surface area contributed by atoms with Gasteiger partial charge in [0.25, 0.3) is 6.43 Å². The molecule has 0 amide bonds. The summed E-state index contributed by atoms with van der Waals surface area (Å²) in [6, 6.07) is 0. The maximum absolute atomic E-state index is 12.6. The van der Waals surface area contributed by atoms with Gasteiger partial charge in [-0.1, -0.05) is 0 Å². The third-order valence-electron chi connectivity index (χ3n) is 1.62. The summed E-state index contributed by atoms with van der Waals surface area (Å²) < 4.78 is 64.3. The minimum atomic E-state index is -5.13. The summed E-state index contributed by atoms with van der Waals surface area (Å²) in [7, 11) is 0. The van der Waals surface area contributed by atoms with Gasteiger partial charge in [-0.25, -0.2) is 13.8 Å². The van der Waals surface area contributed by atoms with Gasteiger partial charge in [0.1, 0.15) is 3.70 Å². The van der Waals surface area contributed by atoms with Gasteiger partial charge in [0.2, 0.25) is 0 Å². The lowest BCUT2D eigenvalue weighted by molar-refractivity contribution is -0.275. The first-order valence-corrected chi connectivity index (χ1v) is 5.01. The quantitative estimate of drug-likeness (QED) is 0.356. The van der Waals surface area contributed by atoms with E-state index in [1.165, 1.54) is 22.6 Å². The molecule has 0 radical (unpaired) electrons. The average Bonchev–Trinajstić information content (AvgIpc) is 2.18. The summed E-state index contributed by atoms with van der Waals surface area (Å²) in [5.74, 6) is -1.14. The largest absolute Gasteiger partial charge is 0.573 e. The standard InChI is InChI=1S/C8H3F5INO2/c9-6(10)4-3(2-16)1-15-7(14)5(4)17-8(11,12)13/h1-2,6H. The van der Waals surface area contributed by atoms with Crippen LogP contribution in [0.5, 0.6) is 5.75 Å². The highest BCUT2D eigenvalue weighted by Crippen LogP contribution is 2.37. The Morgan fingerprint density at radius 1 is 1.41 bits per heavy atom. The smallest absolute Gasteiger partial charge is 0.402 e. The molecule has 1 heterocycles. The molecule has 0 N–H and O–H groups in total. The van der Waals surface area contributed by atoms with Gasteiger partial charge in [-0.05, 0) is 22.6 Å². The Balaban J connectivity index is 3.39. The van der Waals surface area contributed by atoms with Crippen LogP contribution >= 0.6 is 22.6 Å². The van der Waals surface area contributed by atoms with Gasteiger partial charge in [-0.3, -0.25) is 4.79 Å². The summed E-state index contributed by atoms with van der Waals surface area (Å²) in [5.41, 5.74) is -1.75. The van der Waals surface area contributed by atoms with Crippen molar-refractivity contribution in [1.29, 1.82) is 0 Å². The molecule has 0 aromatic carbocycles. The zero-order chi connectivity index (χ0) is 13.2. The molecule has 0 aliphatic heterocycles. The number of rotatable bonds is 3. The van der Waals surface area contributed by atoms with Crippen LogP contribution < -0.4 is 4.74 Å². The van der Waals surface area contributed by atoms with Gasteiger partial charge in [0, 0.05) is 11.8 Å². The molecule has 1 aromatic heterocycles. The van der Waals surface area contributed by atoms with Crippen LogP contribution in [0.3, 0.4) is 0 Å². The molecular formula is C8H3F5INO2. The third-order valence-corrected chi connectivity index (χ3v) is 2.39. The van der Waals surface area contributed by atoms with Crippen molar-refractivity contribution in [2.45, 2.75) is 12.8 Å². The highest BCUT2D eigenvalue weighted by Gasteiger charge is 2.35. The monoisotopic (exact) mass is 367 g/mol. The minimum Gasteiger partial charge on any atom is -0.402 e. The molecule has 0 unspecified atom stereocenters. The molecule has 0 aliphatic rings. The predicted molar refractivity (Wildman–Crippen MR) is 54.0 cm³/mol.